The first kappa shape index (κ1) is 19.9. The van der Waals surface area contributed by atoms with Gasteiger partial charge in [-0.2, -0.15) is 0 Å². The molecule has 1 unspecified atom stereocenters. The van der Waals surface area contributed by atoms with Crippen LogP contribution in [0.4, 0.5) is 0 Å². The Morgan fingerprint density at radius 3 is 2.53 bits per heavy atom. The second kappa shape index (κ2) is 8.54. The fourth-order valence-electron chi connectivity index (χ4n) is 4.25. The quantitative estimate of drug-likeness (QED) is 0.313. The van der Waals surface area contributed by atoms with Gasteiger partial charge in [-0.05, 0) is 35.2 Å². The number of Topliss-reactive ketones (excluding diaryl/α,β-unsaturated/α-hetero) is 1. The lowest BCUT2D eigenvalue weighted by atomic mass is 9.75. The Bertz CT molecular complexity index is 1090. The molecule has 0 bridgehead atoms. The molecule has 1 aliphatic carbocycles. The van der Waals surface area contributed by atoms with E-state index in [0.717, 1.165) is 16.3 Å². The van der Waals surface area contributed by atoms with Gasteiger partial charge in [0, 0.05) is 12.0 Å². The van der Waals surface area contributed by atoms with Gasteiger partial charge in [0.2, 0.25) is 0 Å². The SMILES string of the molecule is C=CCOC(=O)C1(c2c(OCc3ccccc3)ccc3ccccc23)CCCC1=O. The van der Waals surface area contributed by atoms with E-state index in [4.69, 9.17) is 9.47 Å². The summed E-state index contributed by atoms with van der Waals surface area (Å²) in [6.07, 6.45) is 2.92. The molecule has 3 aromatic carbocycles. The molecule has 0 saturated heterocycles. The van der Waals surface area contributed by atoms with Crippen molar-refractivity contribution in [1.29, 1.82) is 0 Å². The molecule has 1 fully saturated rings. The highest BCUT2D eigenvalue weighted by Crippen LogP contribution is 2.47. The van der Waals surface area contributed by atoms with Crippen LogP contribution in [0.5, 0.6) is 5.75 Å². The van der Waals surface area contributed by atoms with Crippen molar-refractivity contribution in [2.24, 2.45) is 0 Å². The summed E-state index contributed by atoms with van der Waals surface area (Å²) in [6.45, 7) is 4.03. The zero-order chi connectivity index (χ0) is 21.0. The van der Waals surface area contributed by atoms with Crippen molar-refractivity contribution in [2.45, 2.75) is 31.3 Å². The molecule has 0 radical (unpaired) electrons. The first-order valence-corrected chi connectivity index (χ1v) is 10.2. The highest BCUT2D eigenvalue weighted by atomic mass is 16.5. The van der Waals surface area contributed by atoms with E-state index in [1.165, 1.54) is 6.08 Å². The molecular weight excluding hydrogens is 376 g/mol. The van der Waals surface area contributed by atoms with Gasteiger partial charge in [0.05, 0.1) is 0 Å². The van der Waals surface area contributed by atoms with E-state index in [1.54, 1.807) is 0 Å². The Labute approximate surface area is 176 Å². The summed E-state index contributed by atoms with van der Waals surface area (Å²) in [7, 11) is 0. The third kappa shape index (κ3) is 3.50. The van der Waals surface area contributed by atoms with Crippen molar-refractivity contribution < 1.29 is 19.1 Å². The van der Waals surface area contributed by atoms with Gasteiger partial charge in [-0.3, -0.25) is 9.59 Å². The maximum absolute atomic E-state index is 13.3. The number of fused-ring (bicyclic) bond motifs is 1. The van der Waals surface area contributed by atoms with Gasteiger partial charge in [0.1, 0.15) is 19.0 Å². The number of ether oxygens (including phenoxy) is 2. The van der Waals surface area contributed by atoms with Gasteiger partial charge >= 0.3 is 5.97 Å². The molecule has 0 aliphatic heterocycles. The average molecular weight is 400 g/mol. The lowest BCUT2D eigenvalue weighted by Gasteiger charge is -2.29. The highest BCUT2D eigenvalue weighted by Gasteiger charge is 2.53. The summed E-state index contributed by atoms with van der Waals surface area (Å²) >= 11 is 0. The summed E-state index contributed by atoms with van der Waals surface area (Å²) in [5, 5.41) is 1.80. The molecule has 30 heavy (non-hydrogen) atoms. The first-order valence-electron chi connectivity index (χ1n) is 10.2. The predicted octanol–water partition coefficient (Wildman–Crippen LogP) is 5.14. The molecule has 4 rings (SSSR count). The Morgan fingerprint density at radius 2 is 1.80 bits per heavy atom. The van der Waals surface area contributed by atoms with Gasteiger partial charge in [-0.1, -0.05) is 73.3 Å². The van der Waals surface area contributed by atoms with E-state index >= 15 is 0 Å². The average Bonchev–Trinajstić information content (AvgIpc) is 3.18. The van der Waals surface area contributed by atoms with Gasteiger partial charge in [-0.15, -0.1) is 0 Å². The highest BCUT2D eigenvalue weighted by molar-refractivity contribution is 6.14. The first-order chi connectivity index (χ1) is 14.7. The van der Waals surface area contributed by atoms with Crippen LogP contribution in [0.15, 0.2) is 79.4 Å². The zero-order valence-corrected chi connectivity index (χ0v) is 16.8. The number of hydrogen-bond acceptors (Lipinski definition) is 4. The smallest absolute Gasteiger partial charge is 0.324 e. The van der Waals surface area contributed by atoms with Gasteiger partial charge in [0.25, 0.3) is 0 Å². The standard InChI is InChI=1S/C26H24O4/c1-2-17-29-25(28)26(16-8-13-23(26)27)24-21-12-7-6-11-20(21)14-15-22(24)30-18-19-9-4-3-5-10-19/h2-7,9-12,14-15H,1,8,13,16-18H2. The van der Waals surface area contributed by atoms with Crippen molar-refractivity contribution in [2.75, 3.05) is 6.61 Å². The van der Waals surface area contributed by atoms with Crippen LogP contribution in [0.3, 0.4) is 0 Å². The largest absolute Gasteiger partial charge is 0.489 e. The van der Waals surface area contributed by atoms with Crippen LogP contribution < -0.4 is 4.74 Å². The van der Waals surface area contributed by atoms with E-state index in [9.17, 15) is 9.59 Å². The lowest BCUT2D eigenvalue weighted by Crippen LogP contribution is -2.42. The molecule has 3 aromatic rings. The summed E-state index contributed by atoms with van der Waals surface area (Å²) in [5.74, 6) is -0.0911. The second-order valence-corrected chi connectivity index (χ2v) is 7.50. The summed E-state index contributed by atoms with van der Waals surface area (Å²) in [6, 6.07) is 21.4. The molecule has 1 aliphatic rings. The number of ketones is 1. The minimum atomic E-state index is -1.35. The van der Waals surface area contributed by atoms with E-state index in [-0.39, 0.29) is 12.4 Å². The summed E-state index contributed by atoms with van der Waals surface area (Å²) < 4.78 is 11.6. The Kier molecular flexibility index (Phi) is 5.66. The molecule has 0 amide bonds. The number of carbonyl (C=O) groups excluding carboxylic acids is 2. The van der Waals surface area contributed by atoms with E-state index < -0.39 is 11.4 Å². The van der Waals surface area contributed by atoms with Crippen LogP contribution in [-0.4, -0.2) is 18.4 Å². The normalized spacial score (nSPS) is 18.3. The zero-order valence-electron chi connectivity index (χ0n) is 16.8. The fraction of sp³-hybridized carbons (Fsp3) is 0.231. The molecule has 0 heterocycles. The van der Waals surface area contributed by atoms with Crippen LogP contribution in [0, 0.1) is 0 Å². The van der Waals surface area contributed by atoms with Crippen LogP contribution in [0.1, 0.15) is 30.4 Å². The van der Waals surface area contributed by atoms with Gasteiger partial charge in [0.15, 0.2) is 11.2 Å². The lowest BCUT2D eigenvalue weighted by molar-refractivity contribution is -0.152. The molecule has 0 aromatic heterocycles. The molecule has 1 saturated carbocycles. The molecule has 1 atom stereocenters. The Morgan fingerprint density at radius 1 is 1.03 bits per heavy atom. The minimum Gasteiger partial charge on any atom is -0.489 e. The number of hydrogen-bond donors (Lipinski definition) is 0. The number of carbonyl (C=O) groups is 2. The van der Waals surface area contributed by atoms with Crippen molar-refractivity contribution in [3.05, 3.63) is 90.5 Å². The van der Waals surface area contributed by atoms with Crippen molar-refractivity contribution in [3.8, 4) is 5.75 Å². The summed E-state index contributed by atoms with van der Waals surface area (Å²) in [4.78, 5) is 26.5. The maximum Gasteiger partial charge on any atom is 0.324 e. The van der Waals surface area contributed by atoms with Gasteiger partial charge in [-0.25, -0.2) is 0 Å². The van der Waals surface area contributed by atoms with E-state index in [1.807, 2.05) is 66.7 Å². The molecule has 4 heteroatoms. The van der Waals surface area contributed by atoms with Crippen molar-refractivity contribution in [1.82, 2.24) is 0 Å². The molecule has 152 valence electrons. The van der Waals surface area contributed by atoms with Crippen LogP contribution in [-0.2, 0) is 26.3 Å². The fourth-order valence-corrected chi connectivity index (χ4v) is 4.25. The number of esters is 1. The molecule has 0 N–H and O–H groups in total. The number of rotatable bonds is 7. The minimum absolute atomic E-state index is 0.0683. The molecular formula is C26H24O4. The van der Waals surface area contributed by atoms with Crippen molar-refractivity contribution in [3.63, 3.8) is 0 Å². The predicted molar refractivity (Wildman–Crippen MR) is 116 cm³/mol. The number of benzene rings is 3. The Balaban J connectivity index is 1.86. The third-order valence-electron chi connectivity index (χ3n) is 5.67. The Hall–Kier alpha value is -3.40. The second-order valence-electron chi connectivity index (χ2n) is 7.50. The van der Waals surface area contributed by atoms with Gasteiger partial charge < -0.3 is 9.47 Å². The van der Waals surface area contributed by atoms with E-state index in [2.05, 4.69) is 6.58 Å². The third-order valence-corrected chi connectivity index (χ3v) is 5.67. The van der Waals surface area contributed by atoms with Crippen LogP contribution in [0.2, 0.25) is 0 Å². The van der Waals surface area contributed by atoms with Crippen LogP contribution >= 0.6 is 0 Å². The monoisotopic (exact) mass is 400 g/mol. The topological polar surface area (TPSA) is 52.6 Å². The maximum atomic E-state index is 13.3. The molecule has 0 spiro atoms. The van der Waals surface area contributed by atoms with E-state index in [0.29, 0.717) is 37.2 Å². The van der Waals surface area contributed by atoms with Crippen molar-refractivity contribution >= 4 is 22.5 Å². The van der Waals surface area contributed by atoms with Crippen LogP contribution in [0.25, 0.3) is 10.8 Å². The molecule has 4 nitrogen and oxygen atoms in total. The summed E-state index contributed by atoms with van der Waals surface area (Å²) in [5.41, 5.74) is 0.279.